The van der Waals surface area contributed by atoms with Gasteiger partial charge in [0.15, 0.2) is 11.5 Å². The molecule has 0 aliphatic rings. The first kappa shape index (κ1) is 23.0. The second kappa shape index (κ2) is 10.5. The first-order valence-electron chi connectivity index (χ1n) is 9.51. The molecule has 1 amide bonds. The van der Waals surface area contributed by atoms with Gasteiger partial charge in [-0.3, -0.25) is 14.9 Å². The molecule has 9 heteroatoms. The maximum absolute atomic E-state index is 12.3. The number of nitrogens with one attached hydrogen (secondary N) is 1. The fraction of sp³-hybridized carbons (Fsp3) is 0.130. The second-order valence-corrected chi connectivity index (χ2v) is 7.61. The van der Waals surface area contributed by atoms with Crippen LogP contribution in [-0.4, -0.2) is 24.2 Å². The van der Waals surface area contributed by atoms with E-state index in [9.17, 15) is 14.9 Å². The largest absolute Gasteiger partial charge is 0.493 e. The number of hydrogen-bond donors (Lipinski definition) is 1. The lowest BCUT2D eigenvalue weighted by molar-refractivity contribution is -0.384. The van der Waals surface area contributed by atoms with E-state index in [-0.39, 0.29) is 18.2 Å². The van der Waals surface area contributed by atoms with Crippen LogP contribution < -0.4 is 14.9 Å². The molecule has 3 rings (SSSR count). The van der Waals surface area contributed by atoms with Crippen LogP contribution >= 0.6 is 15.9 Å². The molecular formula is C23H20BrN3O5. The molecule has 0 aliphatic heterocycles. The molecule has 3 aromatic rings. The number of hydrazone groups is 1. The zero-order valence-corrected chi connectivity index (χ0v) is 19.0. The number of aryl methyl sites for hydroxylation is 1. The number of nitro groups is 1. The average Bonchev–Trinajstić information content (AvgIpc) is 2.78. The molecule has 0 unspecified atom stereocenters. The van der Waals surface area contributed by atoms with E-state index in [1.165, 1.54) is 25.5 Å². The predicted molar refractivity (Wildman–Crippen MR) is 124 cm³/mol. The van der Waals surface area contributed by atoms with Crippen molar-refractivity contribution in [1.29, 1.82) is 0 Å². The average molecular weight is 498 g/mol. The van der Waals surface area contributed by atoms with Gasteiger partial charge in [0.05, 0.1) is 22.7 Å². The van der Waals surface area contributed by atoms with Gasteiger partial charge >= 0.3 is 0 Å². The smallest absolute Gasteiger partial charge is 0.271 e. The van der Waals surface area contributed by atoms with Gasteiger partial charge in [-0.15, -0.1) is 0 Å². The molecule has 0 aliphatic carbocycles. The molecule has 0 heterocycles. The Kier molecular flexibility index (Phi) is 7.56. The Morgan fingerprint density at radius 2 is 1.91 bits per heavy atom. The summed E-state index contributed by atoms with van der Waals surface area (Å²) in [6, 6.07) is 16.9. The van der Waals surface area contributed by atoms with Gasteiger partial charge in [-0.05, 0) is 69.9 Å². The summed E-state index contributed by atoms with van der Waals surface area (Å²) < 4.78 is 11.9. The lowest BCUT2D eigenvalue weighted by Gasteiger charge is -2.13. The highest BCUT2D eigenvalue weighted by Gasteiger charge is 2.13. The van der Waals surface area contributed by atoms with E-state index in [2.05, 4.69) is 26.5 Å². The molecule has 0 spiro atoms. The summed E-state index contributed by atoms with van der Waals surface area (Å²) in [5.74, 6) is 0.647. The molecule has 0 saturated heterocycles. The highest BCUT2D eigenvalue weighted by molar-refractivity contribution is 9.10. The van der Waals surface area contributed by atoms with E-state index in [1.807, 2.05) is 19.1 Å². The van der Waals surface area contributed by atoms with Crippen molar-refractivity contribution in [2.45, 2.75) is 13.5 Å². The fourth-order valence-corrected chi connectivity index (χ4v) is 3.45. The molecule has 0 bridgehead atoms. The van der Waals surface area contributed by atoms with E-state index in [1.54, 1.807) is 36.4 Å². The molecule has 0 atom stereocenters. The maximum Gasteiger partial charge on any atom is 0.271 e. The molecule has 0 saturated carbocycles. The Morgan fingerprint density at radius 3 is 2.56 bits per heavy atom. The van der Waals surface area contributed by atoms with Crippen LogP contribution in [0.2, 0.25) is 0 Å². The molecule has 3 aromatic carbocycles. The minimum Gasteiger partial charge on any atom is -0.493 e. The molecule has 8 nitrogen and oxygen atoms in total. The summed E-state index contributed by atoms with van der Waals surface area (Å²) in [6.45, 7) is 2.06. The van der Waals surface area contributed by atoms with Crippen molar-refractivity contribution in [2.75, 3.05) is 7.11 Å². The number of carbonyl (C=O) groups is 1. The lowest BCUT2D eigenvalue weighted by Crippen LogP contribution is -2.18. The number of ether oxygens (including phenoxy) is 2. The van der Waals surface area contributed by atoms with Crippen LogP contribution in [0.4, 0.5) is 5.69 Å². The standard InChI is InChI=1S/C23H20BrN3O5/c1-15-5-3-4-6-19(15)23(28)26-25-13-17-11-20(24)22(21(12-17)31-2)32-14-16-7-9-18(10-8-16)27(29)30/h3-13H,14H2,1-2H3,(H,26,28)/b25-13+. The van der Waals surface area contributed by atoms with Gasteiger partial charge in [-0.2, -0.15) is 5.10 Å². The number of amides is 1. The van der Waals surface area contributed by atoms with Gasteiger partial charge in [0.2, 0.25) is 0 Å². The van der Waals surface area contributed by atoms with Gasteiger partial charge in [0.25, 0.3) is 11.6 Å². The third-order valence-corrected chi connectivity index (χ3v) is 5.14. The highest BCUT2D eigenvalue weighted by Crippen LogP contribution is 2.37. The van der Waals surface area contributed by atoms with Crippen LogP contribution in [0.1, 0.15) is 27.0 Å². The van der Waals surface area contributed by atoms with Crippen LogP contribution in [0.5, 0.6) is 11.5 Å². The Labute approximate surface area is 193 Å². The Hall–Kier alpha value is -3.72. The molecule has 0 aromatic heterocycles. The number of methoxy groups -OCH3 is 1. The molecule has 0 radical (unpaired) electrons. The third-order valence-electron chi connectivity index (χ3n) is 4.55. The topological polar surface area (TPSA) is 103 Å². The summed E-state index contributed by atoms with van der Waals surface area (Å²) in [4.78, 5) is 22.6. The van der Waals surface area contributed by atoms with Crippen LogP contribution in [0.15, 0.2) is 70.2 Å². The van der Waals surface area contributed by atoms with E-state index in [0.717, 1.165) is 11.1 Å². The molecular weight excluding hydrogens is 478 g/mol. The number of nitro benzene ring substituents is 1. The van der Waals surface area contributed by atoms with Gasteiger partial charge in [-0.25, -0.2) is 5.43 Å². The second-order valence-electron chi connectivity index (χ2n) is 6.76. The Balaban J connectivity index is 1.69. The number of hydrogen-bond acceptors (Lipinski definition) is 6. The molecule has 32 heavy (non-hydrogen) atoms. The highest BCUT2D eigenvalue weighted by atomic mass is 79.9. The molecule has 164 valence electrons. The Bertz CT molecular complexity index is 1160. The number of non-ortho nitro benzene ring substituents is 1. The van der Waals surface area contributed by atoms with Crippen LogP contribution in [0.3, 0.4) is 0 Å². The number of carbonyl (C=O) groups excluding carboxylic acids is 1. The number of halogens is 1. The zero-order chi connectivity index (χ0) is 23.1. The quantitative estimate of drug-likeness (QED) is 0.267. The predicted octanol–water partition coefficient (Wildman–Crippen LogP) is 5.02. The van der Waals surface area contributed by atoms with E-state index >= 15 is 0 Å². The number of nitrogens with zero attached hydrogens (tertiary/aromatic N) is 2. The van der Waals surface area contributed by atoms with Crippen molar-refractivity contribution in [3.8, 4) is 11.5 Å². The van der Waals surface area contributed by atoms with Gasteiger partial charge < -0.3 is 9.47 Å². The first-order valence-corrected chi connectivity index (χ1v) is 10.3. The first-order chi connectivity index (χ1) is 15.4. The normalized spacial score (nSPS) is 10.7. The molecule has 1 N–H and O–H groups in total. The third kappa shape index (κ3) is 5.70. The maximum atomic E-state index is 12.3. The zero-order valence-electron chi connectivity index (χ0n) is 17.4. The fourth-order valence-electron chi connectivity index (χ4n) is 2.88. The number of benzene rings is 3. The van der Waals surface area contributed by atoms with Gasteiger partial charge in [-0.1, -0.05) is 18.2 Å². The number of rotatable bonds is 8. The monoisotopic (exact) mass is 497 g/mol. The van der Waals surface area contributed by atoms with Crippen molar-refractivity contribution in [2.24, 2.45) is 5.10 Å². The SMILES string of the molecule is COc1cc(/C=N/NC(=O)c2ccccc2C)cc(Br)c1OCc1ccc([N+](=O)[O-])cc1. The van der Waals surface area contributed by atoms with E-state index in [0.29, 0.717) is 27.1 Å². The lowest BCUT2D eigenvalue weighted by atomic mass is 10.1. The van der Waals surface area contributed by atoms with E-state index < -0.39 is 4.92 Å². The van der Waals surface area contributed by atoms with Crippen molar-refractivity contribution >= 4 is 33.7 Å². The van der Waals surface area contributed by atoms with Crippen LogP contribution in [0, 0.1) is 17.0 Å². The van der Waals surface area contributed by atoms with Crippen LogP contribution in [0.25, 0.3) is 0 Å². The summed E-state index contributed by atoms with van der Waals surface area (Å²) in [6.07, 6.45) is 1.50. The van der Waals surface area contributed by atoms with Crippen molar-refractivity contribution in [1.82, 2.24) is 5.43 Å². The van der Waals surface area contributed by atoms with Crippen molar-refractivity contribution < 1.29 is 19.2 Å². The van der Waals surface area contributed by atoms with Crippen molar-refractivity contribution in [3.63, 3.8) is 0 Å². The molecule has 0 fully saturated rings. The van der Waals surface area contributed by atoms with Gasteiger partial charge in [0.1, 0.15) is 6.61 Å². The summed E-state index contributed by atoms with van der Waals surface area (Å²) in [5.41, 5.74) is 5.40. The van der Waals surface area contributed by atoms with Crippen molar-refractivity contribution in [3.05, 3.63) is 97.5 Å². The van der Waals surface area contributed by atoms with Crippen LogP contribution in [-0.2, 0) is 6.61 Å². The minimum absolute atomic E-state index is 0.0191. The van der Waals surface area contributed by atoms with E-state index in [4.69, 9.17) is 9.47 Å². The summed E-state index contributed by atoms with van der Waals surface area (Å²) in [7, 11) is 1.52. The Morgan fingerprint density at radius 1 is 1.19 bits per heavy atom. The summed E-state index contributed by atoms with van der Waals surface area (Å²) >= 11 is 3.47. The van der Waals surface area contributed by atoms with Gasteiger partial charge in [0, 0.05) is 17.7 Å². The minimum atomic E-state index is -0.450. The summed E-state index contributed by atoms with van der Waals surface area (Å²) in [5, 5.41) is 14.8.